The Morgan fingerprint density at radius 2 is 2.57 bits per heavy atom. The molecule has 0 aromatic rings. The highest BCUT2D eigenvalue weighted by molar-refractivity contribution is 9.09. The Morgan fingerprint density at radius 3 is 2.71 bits per heavy atom. The number of halogens is 1. The Bertz CT molecular complexity index is 92.2. The molecule has 4 N–H and O–H groups in total. The largest absolute Gasteiger partial charge is 0.348 e. The van der Waals surface area contributed by atoms with Gasteiger partial charge < -0.3 is 5.73 Å². The van der Waals surface area contributed by atoms with Crippen molar-refractivity contribution in [3.63, 3.8) is 0 Å². The molecule has 40 valence electrons. The van der Waals surface area contributed by atoms with Crippen LogP contribution in [0.5, 0.6) is 0 Å². The van der Waals surface area contributed by atoms with Crippen molar-refractivity contribution in [2.45, 2.75) is 11.0 Å². The first-order valence-electron chi connectivity index (χ1n) is 2.06. The molecule has 0 saturated carbocycles. The molecule has 0 aromatic carbocycles. The maximum Gasteiger partial charge on any atom is 0.155 e. The third kappa shape index (κ3) is 0.920. The van der Waals surface area contributed by atoms with Gasteiger partial charge in [-0.3, -0.25) is 5.43 Å². The van der Waals surface area contributed by atoms with Gasteiger partial charge >= 0.3 is 0 Å². The van der Waals surface area contributed by atoms with Crippen LogP contribution in [0.2, 0.25) is 0 Å². The molecular formula is C3H7BrN3+. The van der Waals surface area contributed by atoms with Crippen LogP contribution < -0.4 is 11.2 Å². The molecule has 0 spiro atoms. The van der Waals surface area contributed by atoms with Gasteiger partial charge in [0.15, 0.2) is 11.0 Å². The Balaban J connectivity index is 2.45. The summed E-state index contributed by atoms with van der Waals surface area (Å²) >= 11 is 3.30. The van der Waals surface area contributed by atoms with E-state index in [1.54, 1.807) is 6.21 Å². The van der Waals surface area contributed by atoms with E-state index in [1.165, 1.54) is 0 Å². The van der Waals surface area contributed by atoms with Crippen molar-refractivity contribution in [1.29, 1.82) is 0 Å². The number of rotatable bonds is 0. The van der Waals surface area contributed by atoms with Crippen LogP contribution in [0.1, 0.15) is 0 Å². The zero-order valence-corrected chi connectivity index (χ0v) is 5.35. The third-order valence-electron chi connectivity index (χ3n) is 0.840. The molecule has 1 aliphatic heterocycles. The molecule has 1 rings (SSSR count). The van der Waals surface area contributed by atoms with Crippen LogP contribution in [-0.2, 0) is 0 Å². The van der Waals surface area contributed by atoms with E-state index in [-0.39, 0.29) is 11.0 Å². The SMILES string of the molecule is [NH3+]C1C=NNC1Br. The Kier molecular flexibility index (Phi) is 1.30. The Labute approximate surface area is 50.1 Å². The van der Waals surface area contributed by atoms with Gasteiger partial charge in [-0.05, 0) is 0 Å². The minimum Gasteiger partial charge on any atom is -0.348 e. The van der Waals surface area contributed by atoms with Crippen LogP contribution in [0, 0.1) is 0 Å². The van der Waals surface area contributed by atoms with Gasteiger partial charge in [0.2, 0.25) is 0 Å². The number of hydrazone groups is 1. The fraction of sp³-hybridized carbons (Fsp3) is 0.667. The van der Waals surface area contributed by atoms with Gasteiger partial charge in [-0.15, -0.1) is 0 Å². The number of nitrogens with zero attached hydrogens (tertiary/aromatic N) is 1. The number of alkyl halides is 1. The topological polar surface area (TPSA) is 52.0 Å². The lowest BCUT2D eigenvalue weighted by Gasteiger charge is -1.99. The summed E-state index contributed by atoms with van der Waals surface area (Å²) < 4.78 is 0. The van der Waals surface area contributed by atoms with Gasteiger partial charge in [-0.2, -0.15) is 5.10 Å². The van der Waals surface area contributed by atoms with E-state index in [0.717, 1.165) is 0 Å². The quantitative estimate of drug-likeness (QED) is 0.347. The third-order valence-corrected chi connectivity index (χ3v) is 1.72. The molecule has 2 atom stereocenters. The molecule has 1 aliphatic rings. The van der Waals surface area contributed by atoms with Crippen molar-refractivity contribution in [2.75, 3.05) is 0 Å². The molecule has 1 heterocycles. The average Bonchev–Trinajstić information content (AvgIpc) is 1.91. The van der Waals surface area contributed by atoms with Crippen molar-refractivity contribution >= 4 is 22.1 Å². The molecule has 0 fully saturated rings. The standard InChI is InChI=1S/C3H6BrN3/c4-3-2(5)1-6-7-3/h1-3,7H,5H2/p+1. The monoisotopic (exact) mass is 164 g/mol. The molecule has 0 aromatic heterocycles. The lowest BCUT2D eigenvalue weighted by molar-refractivity contribution is -0.391. The van der Waals surface area contributed by atoms with Crippen LogP contribution in [-0.4, -0.2) is 17.2 Å². The van der Waals surface area contributed by atoms with Crippen LogP contribution in [0.15, 0.2) is 5.10 Å². The fourth-order valence-corrected chi connectivity index (χ4v) is 0.636. The summed E-state index contributed by atoms with van der Waals surface area (Å²) in [5.74, 6) is 0. The second-order valence-corrected chi connectivity index (χ2v) is 2.46. The van der Waals surface area contributed by atoms with Gasteiger partial charge in [-0.25, -0.2) is 0 Å². The second-order valence-electron chi connectivity index (χ2n) is 1.47. The first-order chi connectivity index (χ1) is 3.30. The highest BCUT2D eigenvalue weighted by Gasteiger charge is 2.18. The Hall–Kier alpha value is -0.0900. The predicted molar refractivity (Wildman–Crippen MR) is 31.0 cm³/mol. The summed E-state index contributed by atoms with van der Waals surface area (Å²) in [7, 11) is 0. The van der Waals surface area contributed by atoms with Gasteiger partial charge in [0.05, 0.1) is 6.21 Å². The molecule has 0 bridgehead atoms. The number of hydrogen-bond donors (Lipinski definition) is 2. The number of nitrogens with one attached hydrogen (secondary N) is 1. The average molecular weight is 165 g/mol. The van der Waals surface area contributed by atoms with Gasteiger partial charge in [-0.1, -0.05) is 15.9 Å². The van der Waals surface area contributed by atoms with Crippen molar-refractivity contribution in [3.05, 3.63) is 0 Å². The van der Waals surface area contributed by atoms with Crippen LogP contribution in [0.3, 0.4) is 0 Å². The number of hydrogen-bond acceptors (Lipinski definition) is 2. The zero-order chi connectivity index (χ0) is 5.28. The van der Waals surface area contributed by atoms with Gasteiger partial charge in [0.25, 0.3) is 0 Å². The molecular weight excluding hydrogens is 158 g/mol. The van der Waals surface area contributed by atoms with E-state index in [4.69, 9.17) is 0 Å². The number of quaternary nitrogens is 1. The summed E-state index contributed by atoms with van der Waals surface area (Å²) in [6.07, 6.45) is 1.78. The molecule has 0 saturated heterocycles. The lowest BCUT2D eigenvalue weighted by atomic mass is 10.4. The molecule has 7 heavy (non-hydrogen) atoms. The first kappa shape index (κ1) is 5.05. The highest BCUT2D eigenvalue weighted by Crippen LogP contribution is 1.99. The van der Waals surface area contributed by atoms with Gasteiger partial charge in [0, 0.05) is 0 Å². The highest BCUT2D eigenvalue weighted by atomic mass is 79.9. The maximum atomic E-state index is 3.76. The van der Waals surface area contributed by atoms with E-state index in [1.807, 2.05) is 0 Å². The molecule has 0 aliphatic carbocycles. The first-order valence-corrected chi connectivity index (χ1v) is 2.98. The van der Waals surface area contributed by atoms with Gasteiger partial charge in [0.1, 0.15) is 0 Å². The molecule has 4 heteroatoms. The van der Waals surface area contributed by atoms with E-state index in [0.29, 0.717) is 0 Å². The van der Waals surface area contributed by atoms with E-state index in [9.17, 15) is 0 Å². The fourth-order valence-electron chi connectivity index (χ4n) is 0.381. The molecule has 3 nitrogen and oxygen atoms in total. The molecule has 0 radical (unpaired) electrons. The van der Waals surface area contributed by atoms with Crippen LogP contribution in [0.25, 0.3) is 0 Å². The lowest BCUT2D eigenvalue weighted by Crippen LogP contribution is -2.65. The van der Waals surface area contributed by atoms with Crippen molar-refractivity contribution in [2.24, 2.45) is 5.10 Å². The van der Waals surface area contributed by atoms with Crippen molar-refractivity contribution < 1.29 is 5.73 Å². The van der Waals surface area contributed by atoms with Crippen molar-refractivity contribution in [3.8, 4) is 0 Å². The predicted octanol–water partition coefficient (Wildman–Crippen LogP) is -1.09. The normalized spacial score (nSPS) is 38.6. The van der Waals surface area contributed by atoms with Crippen molar-refractivity contribution in [1.82, 2.24) is 5.43 Å². The Morgan fingerprint density at radius 1 is 1.86 bits per heavy atom. The van der Waals surface area contributed by atoms with E-state index in [2.05, 4.69) is 32.2 Å². The summed E-state index contributed by atoms with van der Waals surface area (Å²) in [5.41, 5.74) is 6.55. The van der Waals surface area contributed by atoms with E-state index >= 15 is 0 Å². The summed E-state index contributed by atoms with van der Waals surface area (Å²) in [6, 6.07) is 0.278. The molecule has 2 unspecified atom stereocenters. The minimum absolute atomic E-state index is 0.243. The second kappa shape index (κ2) is 1.79. The van der Waals surface area contributed by atoms with Crippen LogP contribution in [0.4, 0.5) is 0 Å². The summed E-state index contributed by atoms with van der Waals surface area (Å²) in [5, 5.41) is 3.76. The smallest absolute Gasteiger partial charge is 0.155 e. The van der Waals surface area contributed by atoms with E-state index < -0.39 is 0 Å². The maximum absolute atomic E-state index is 3.76. The minimum atomic E-state index is 0.243. The zero-order valence-electron chi connectivity index (χ0n) is 3.76. The summed E-state index contributed by atoms with van der Waals surface area (Å²) in [4.78, 5) is 0.243. The van der Waals surface area contributed by atoms with Crippen LogP contribution >= 0.6 is 15.9 Å². The molecule has 0 amide bonds. The summed E-state index contributed by atoms with van der Waals surface area (Å²) in [6.45, 7) is 0.